The Bertz CT molecular complexity index is 1010. The molecule has 2 heterocycles. The van der Waals surface area contributed by atoms with Crippen molar-refractivity contribution in [2.75, 3.05) is 11.5 Å². The maximum atomic E-state index is 14.6. The van der Waals surface area contributed by atoms with Gasteiger partial charge in [0, 0.05) is 11.6 Å². The first-order valence-electron chi connectivity index (χ1n) is 8.63. The fraction of sp³-hybridized carbons (Fsp3) is 0.389. The molecule has 2 unspecified atom stereocenters. The molecular formula is C18H19Cl2F2N3O2S. The average Bonchev–Trinajstić information content (AvgIpc) is 2.94. The van der Waals surface area contributed by atoms with Gasteiger partial charge in [0.2, 0.25) is 0 Å². The van der Waals surface area contributed by atoms with Gasteiger partial charge in [-0.1, -0.05) is 23.8 Å². The topological polar surface area (TPSA) is 75.8 Å². The molecule has 3 aliphatic rings. The van der Waals surface area contributed by atoms with E-state index in [2.05, 4.69) is 11.1 Å². The number of halogens is 4. The number of nitrogens with two attached hydrogens (primary N) is 1. The van der Waals surface area contributed by atoms with Gasteiger partial charge in [-0.25, -0.2) is 22.2 Å². The van der Waals surface area contributed by atoms with Crippen LogP contribution in [-0.2, 0) is 9.84 Å². The maximum Gasteiger partial charge on any atom is 0.156 e. The summed E-state index contributed by atoms with van der Waals surface area (Å²) in [6.45, 7) is 0. The van der Waals surface area contributed by atoms with Gasteiger partial charge in [0.15, 0.2) is 9.84 Å². The van der Waals surface area contributed by atoms with Crippen LogP contribution in [0, 0.1) is 11.6 Å². The SMILES string of the molecule is Cl.NC1=C2CS(=O)(=O)CC2N(C2CC=CCC2)C(c2cc(F)c(Cl)cc2F)=N1. The quantitative estimate of drug-likeness (QED) is 0.555. The minimum Gasteiger partial charge on any atom is -0.384 e. The van der Waals surface area contributed by atoms with Crippen molar-refractivity contribution in [2.45, 2.75) is 31.3 Å². The molecule has 2 aliphatic heterocycles. The molecule has 4 rings (SSSR count). The van der Waals surface area contributed by atoms with E-state index in [1.54, 1.807) is 0 Å². The van der Waals surface area contributed by atoms with E-state index in [1.807, 2.05) is 11.0 Å². The number of benzene rings is 1. The predicted molar refractivity (Wildman–Crippen MR) is 107 cm³/mol. The number of aliphatic imine (C=N–C) groups is 1. The number of fused-ring (bicyclic) bond motifs is 1. The Labute approximate surface area is 173 Å². The molecule has 0 aromatic heterocycles. The van der Waals surface area contributed by atoms with Crippen molar-refractivity contribution in [3.05, 3.63) is 57.9 Å². The highest BCUT2D eigenvalue weighted by Gasteiger charge is 2.45. The third-order valence-electron chi connectivity index (χ3n) is 5.21. The lowest BCUT2D eigenvalue weighted by Gasteiger charge is -2.42. The van der Waals surface area contributed by atoms with Crippen molar-refractivity contribution in [2.24, 2.45) is 10.7 Å². The number of hydrogen-bond donors (Lipinski definition) is 1. The van der Waals surface area contributed by atoms with Crippen LogP contribution in [-0.4, -0.2) is 42.7 Å². The molecule has 0 radical (unpaired) electrons. The molecule has 0 saturated carbocycles. The molecule has 5 nitrogen and oxygen atoms in total. The number of sulfone groups is 1. The van der Waals surface area contributed by atoms with E-state index >= 15 is 0 Å². The second kappa shape index (κ2) is 7.65. The van der Waals surface area contributed by atoms with E-state index in [1.165, 1.54) is 0 Å². The van der Waals surface area contributed by atoms with E-state index in [0.717, 1.165) is 25.0 Å². The van der Waals surface area contributed by atoms with Gasteiger partial charge in [-0.2, -0.15) is 0 Å². The molecule has 2 N–H and O–H groups in total. The smallest absolute Gasteiger partial charge is 0.156 e. The van der Waals surface area contributed by atoms with E-state index in [4.69, 9.17) is 17.3 Å². The average molecular weight is 450 g/mol. The number of amidine groups is 1. The van der Waals surface area contributed by atoms with Crippen molar-refractivity contribution >= 4 is 39.7 Å². The molecule has 0 bridgehead atoms. The Kier molecular flexibility index (Phi) is 5.76. The summed E-state index contributed by atoms with van der Waals surface area (Å²) in [6.07, 6.45) is 6.31. The van der Waals surface area contributed by atoms with Gasteiger partial charge in [-0.05, 0) is 31.4 Å². The van der Waals surface area contributed by atoms with Crippen LogP contribution in [0.25, 0.3) is 0 Å². The van der Waals surface area contributed by atoms with Crippen LogP contribution in [0.2, 0.25) is 5.02 Å². The Morgan fingerprint density at radius 3 is 2.64 bits per heavy atom. The second-order valence-electron chi connectivity index (χ2n) is 7.01. The molecule has 152 valence electrons. The lowest BCUT2D eigenvalue weighted by molar-refractivity contribution is 0.255. The summed E-state index contributed by atoms with van der Waals surface area (Å²) in [5.41, 5.74) is 6.48. The molecular weight excluding hydrogens is 431 g/mol. The Hall–Kier alpha value is -1.64. The summed E-state index contributed by atoms with van der Waals surface area (Å²) in [5, 5.41) is -0.326. The van der Waals surface area contributed by atoms with Gasteiger partial charge in [-0.15, -0.1) is 12.4 Å². The van der Waals surface area contributed by atoms with Crippen LogP contribution >= 0.6 is 24.0 Å². The molecule has 2 atom stereocenters. The maximum absolute atomic E-state index is 14.6. The first-order valence-corrected chi connectivity index (χ1v) is 10.8. The summed E-state index contributed by atoms with van der Waals surface area (Å²) in [4.78, 5) is 6.12. The standard InChI is InChI=1S/C18H18ClF2N3O2S.ClH/c19-13-7-14(20)11(6-15(13)21)18-23-17(22)12-8-27(25,26)9-16(12)24(18)10-4-2-1-3-5-10;/h1-2,6-7,10,16H,3-5,8-9,22H2;1H. The van der Waals surface area contributed by atoms with Gasteiger partial charge in [0.25, 0.3) is 0 Å². The largest absolute Gasteiger partial charge is 0.384 e. The monoisotopic (exact) mass is 449 g/mol. The van der Waals surface area contributed by atoms with Crippen molar-refractivity contribution in [1.82, 2.24) is 4.90 Å². The minimum atomic E-state index is -3.32. The first-order chi connectivity index (χ1) is 12.8. The lowest BCUT2D eigenvalue weighted by Crippen LogP contribution is -2.51. The highest BCUT2D eigenvalue weighted by atomic mass is 35.5. The zero-order valence-corrected chi connectivity index (χ0v) is 17.1. The van der Waals surface area contributed by atoms with Crippen molar-refractivity contribution in [1.29, 1.82) is 0 Å². The van der Waals surface area contributed by atoms with Crippen LogP contribution in [0.5, 0.6) is 0 Å². The summed E-state index contributed by atoms with van der Waals surface area (Å²) in [7, 11) is -3.32. The third-order valence-corrected chi connectivity index (χ3v) is 7.07. The van der Waals surface area contributed by atoms with E-state index in [-0.39, 0.29) is 52.2 Å². The van der Waals surface area contributed by atoms with E-state index in [9.17, 15) is 17.2 Å². The van der Waals surface area contributed by atoms with Crippen molar-refractivity contribution < 1.29 is 17.2 Å². The second-order valence-corrected chi connectivity index (χ2v) is 9.52. The van der Waals surface area contributed by atoms with Gasteiger partial charge in [0.1, 0.15) is 23.3 Å². The van der Waals surface area contributed by atoms with Crippen LogP contribution in [0.3, 0.4) is 0 Å². The number of allylic oxidation sites excluding steroid dienone is 1. The molecule has 1 aliphatic carbocycles. The fourth-order valence-corrected chi connectivity index (χ4v) is 5.89. The summed E-state index contributed by atoms with van der Waals surface area (Å²) in [5.74, 6) is -1.54. The predicted octanol–water partition coefficient (Wildman–Crippen LogP) is 3.18. The van der Waals surface area contributed by atoms with Gasteiger partial charge in [0.05, 0.1) is 28.1 Å². The molecule has 1 aromatic carbocycles. The highest BCUT2D eigenvalue weighted by Crippen LogP contribution is 2.36. The molecule has 1 aromatic rings. The normalized spacial score (nSPS) is 26.0. The lowest BCUT2D eigenvalue weighted by atomic mass is 9.94. The van der Waals surface area contributed by atoms with Crippen LogP contribution in [0.15, 0.2) is 40.7 Å². The molecule has 0 amide bonds. The Morgan fingerprint density at radius 1 is 1.21 bits per heavy atom. The fourth-order valence-electron chi connectivity index (χ4n) is 3.97. The highest BCUT2D eigenvalue weighted by molar-refractivity contribution is 7.92. The molecule has 0 spiro atoms. The molecule has 1 fully saturated rings. The first kappa shape index (κ1) is 21.1. The number of nitrogens with zero attached hydrogens (tertiary/aromatic N) is 2. The van der Waals surface area contributed by atoms with Gasteiger partial charge >= 0.3 is 0 Å². The van der Waals surface area contributed by atoms with E-state index < -0.39 is 27.5 Å². The molecule has 28 heavy (non-hydrogen) atoms. The minimum absolute atomic E-state index is 0. The summed E-state index contributed by atoms with van der Waals surface area (Å²) in [6, 6.07) is 1.30. The Balaban J connectivity index is 0.00000225. The van der Waals surface area contributed by atoms with Gasteiger partial charge in [-0.3, -0.25) is 0 Å². The van der Waals surface area contributed by atoms with Gasteiger partial charge < -0.3 is 10.6 Å². The summed E-state index contributed by atoms with van der Waals surface area (Å²) >= 11 is 5.67. The van der Waals surface area contributed by atoms with Crippen LogP contribution in [0.1, 0.15) is 24.8 Å². The number of hydrogen-bond acceptors (Lipinski definition) is 5. The summed E-state index contributed by atoms with van der Waals surface area (Å²) < 4.78 is 53.2. The van der Waals surface area contributed by atoms with Crippen LogP contribution in [0.4, 0.5) is 8.78 Å². The van der Waals surface area contributed by atoms with Crippen molar-refractivity contribution in [3.63, 3.8) is 0 Å². The molecule has 1 saturated heterocycles. The Morgan fingerprint density at radius 2 is 1.96 bits per heavy atom. The zero-order valence-electron chi connectivity index (χ0n) is 14.7. The van der Waals surface area contributed by atoms with E-state index in [0.29, 0.717) is 12.0 Å². The van der Waals surface area contributed by atoms with Crippen LogP contribution < -0.4 is 5.73 Å². The molecule has 10 heteroatoms. The number of rotatable bonds is 2. The van der Waals surface area contributed by atoms with Crippen molar-refractivity contribution in [3.8, 4) is 0 Å². The third kappa shape index (κ3) is 3.65. The zero-order chi connectivity index (χ0) is 19.3.